The first kappa shape index (κ1) is 22.6. The number of aliphatic hydroxyl groups excluding tert-OH is 1. The lowest BCUT2D eigenvalue weighted by Crippen LogP contribution is -2.19. The summed E-state index contributed by atoms with van der Waals surface area (Å²) in [5.74, 6) is -0.360. The van der Waals surface area contributed by atoms with E-state index in [9.17, 15) is 14.7 Å². The molecule has 2 aromatic carbocycles. The number of hydrogen-bond donors (Lipinski definition) is 3. The number of benzene rings is 2. The Morgan fingerprint density at radius 3 is 2.45 bits per heavy atom. The van der Waals surface area contributed by atoms with Gasteiger partial charge in [0.15, 0.2) is 5.78 Å². The van der Waals surface area contributed by atoms with E-state index in [1.165, 1.54) is 17.4 Å². The van der Waals surface area contributed by atoms with Gasteiger partial charge >= 0.3 is 0 Å². The molecule has 1 atom stereocenters. The third-order valence-corrected chi connectivity index (χ3v) is 6.41. The van der Waals surface area contributed by atoms with Gasteiger partial charge in [0.2, 0.25) is 0 Å². The average molecular weight is 435 g/mol. The quantitative estimate of drug-likeness (QED) is 0.487. The number of ketones is 1. The lowest BCUT2D eigenvalue weighted by Gasteiger charge is -2.15. The topological polar surface area (TPSA) is 92.4 Å². The molecule has 4 N–H and O–H groups in total. The van der Waals surface area contributed by atoms with Crippen molar-refractivity contribution in [3.8, 4) is 11.1 Å². The van der Waals surface area contributed by atoms with Gasteiger partial charge in [-0.2, -0.15) is 0 Å². The standard InChI is InChI=1S/C25H26N2O3S/c1-15-4-10-19(16(2)21(15)14-28)20-12-13-31-24(20)23(26)22(29)11-7-17-5-8-18(9-6-17)25(30)27-3/h4-13,23,28H,14,26H2,1-3H3,(H,27,30)/b11-7+. The molecule has 1 heterocycles. The van der Waals surface area contributed by atoms with Crippen LogP contribution in [-0.4, -0.2) is 23.8 Å². The summed E-state index contributed by atoms with van der Waals surface area (Å²) in [5.41, 5.74) is 12.5. The first-order valence-electron chi connectivity index (χ1n) is 9.94. The van der Waals surface area contributed by atoms with Gasteiger partial charge in [0.1, 0.15) is 6.04 Å². The molecule has 3 rings (SSSR count). The highest BCUT2D eigenvalue weighted by Gasteiger charge is 2.21. The summed E-state index contributed by atoms with van der Waals surface area (Å²) in [7, 11) is 1.58. The van der Waals surface area contributed by atoms with Gasteiger partial charge in [0.05, 0.1) is 6.61 Å². The van der Waals surface area contributed by atoms with Crippen molar-refractivity contribution >= 4 is 29.1 Å². The molecule has 1 amide bonds. The number of aryl methyl sites for hydroxylation is 1. The van der Waals surface area contributed by atoms with Gasteiger partial charge in [-0.15, -0.1) is 11.3 Å². The molecule has 6 heteroatoms. The molecule has 1 aromatic heterocycles. The van der Waals surface area contributed by atoms with Crippen LogP contribution in [0.3, 0.4) is 0 Å². The van der Waals surface area contributed by atoms with Crippen LogP contribution < -0.4 is 11.1 Å². The van der Waals surface area contributed by atoms with Crippen LogP contribution in [0, 0.1) is 13.8 Å². The van der Waals surface area contributed by atoms with Gasteiger partial charge in [-0.1, -0.05) is 30.3 Å². The second-order valence-corrected chi connectivity index (χ2v) is 8.25. The van der Waals surface area contributed by atoms with Crippen molar-refractivity contribution in [1.82, 2.24) is 5.32 Å². The Morgan fingerprint density at radius 1 is 1.10 bits per heavy atom. The summed E-state index contributed by atoms with van der Waals surface area (Å²) >= 11 is 1.45. The molecule has 3 aromatic rings. The third-order valence-electron chi connectivity index (χ3n) is 5.41. The van der Waals surface area contributed by atoms with Crippen molar-refractivity contribution in [2.75, 3.05) is 7.05 Å². The zero-order chi connectivity index (χ0) is 22.5. The molecule has 5 nitrogen and oxygen atoms in total. The number of carbonyl (C=O) groups is 2. The van der Waals surface area contributed by atoms with Crippen molar-refractivity contribution in [3.63, 3.8) is 0 Å². The van der Waals surface area contributed by atoms with Crippen LogP contribution in [0.2, 0.25) is 0 Å². The fourth-order valence-electron chi connectivity index (χ4n) is 3.51. The molecule has 0 fully saturated rings. The minimum Gasteiger partial charge on any atom is -0.392 e. The SMILES string of the molecule is CNC(=O)c1ccc(/C=C/C(=O)C(N)c2sccc2-c2ccc(C)c(CO)c2C)cc1. The third kappa shape index (κ3) is 4.82. The minimum atomic E-state index is -0.783. The average Bonchev–Trinajstić information content (AvgIpc) is 3.26. The van der Waals surface area contributed by atoms with Crippen molar-refractivity contribution < 1.29 is 14.7 Å². The Labute approximate surface area is 186 Å². The highest BCUT2D eigenvalue weighted by Crippen LogP contribution is 2.36. The number of rotatable bonds is 7. The maximum Gasteiger partial charge on any atom is 0.251 e. The van der Waals surface area contributed by atoms with E-state index >= 15 is 0 Å². The second kappa shape index (κ2) is 9.83. The normalized spacial score (nSPS) is 12.2. The summed E-state index contributed by atoms with van der Waals surface area (Å²) < 4.78 is 0. The number of carbonyl (C=O) groups excluding carboxylic acids is 2. The molecule has 0 bridgehead atoms. The van der Waals surface area contributed by atoms with Crippen LogP contribution in [0.15, 0.2) is 53.9 Å². The van der Waals surface area contributed by atoms with E-state index in [1.807, 2.05) is 37.4 Å². The monoisotopic (exact) mass is 434 g/mol. The smallest absolute Gasteiger partial charge is 0.251 e. The van der Waals surface area contributed by atoms with Crippen LogP contribution in [0.4, 0.5) is 0 Å². The number of aliphatic hydroxyl groups is 1. The molecular formula is C25H26N2O3S. The van der Waals surface area contributed by atoms with Gasteiger partial charge in [0.25, 0.3) is 5.91 Å². The van der Waals surface area contributed by atoms with Crippen LogP contribution in [-0.2, 0) is 11.4 Å². The number of thiophene rings is 1. The molecule has 0 radical (unpaired) electrons. The van der Waals surface area contributed by atoms with Crippen LogP contribution in [0.5, 0.6) is 0 Å². The number of nitrogens with one attached hydrogen (secondary N) is 1. The fourth-order valence-corrected chi connectivity index (χ4v) is 4.43. The first-order chi connectivity index (χ1) is 14.9. The van der Waals surface area contributed by atoms with E-state index in [4.69, 9.17) is 5.73 Å². The van der Waals surface area contributed by atoms with E-state index in [2.05, 4.69) is 5.32 Å². The van der Waals surface area contributed by atoms with Crippen LogP contribution in [0.25, 0.3) is 17.2 Å². The first-order valence-corrected chi connectivity index (χ1v) is 10.8. The highest BCUT2D eigenvalue weighted by atomic mass is 32.1. The molecule has 0 saturated heterocycles. The predicted octanol–water partition coefficient (Wildman–Crippen LogP) is 4.17. The summed E-state index contributed by atoms with van der Waals surface area (Å²) in [6.45, 7) is 3.92. The zero-order valence-electron chi connectivity index (χ0n) is 17.8. The van der Waals surface area contributed by atoms with Crippen molar-refractivity contribution in [2.45, 2.75) is 26.5 Å². The zero-order valence-corrected chi connectivity index (χ0v) is 18.6. The van der Waals surface area contributed by atoms with E-state index in [1.54, 1.807) is 37.4 Å². The Kier molecular flexibility index (Phi) is 7.17. The summed E-state index contributed by atoms with van der Waals surface area (Å²) in [5, 5.41) is 14.2. The molecular weight excluding hydrogens is 408 g/mol. The van der Waals surface area contributed by atoms with Crippen molar-refractivity contribution in [1.29, 1.82) is 0 Å². The van der Waals surface area contributed by atoms with E-state index < -0.39 is 6.04 Å². The molecule has 1 unspecified atom stereocenters. The predicted molar refractivity (Wildman–Crippen MR) is 126 cm³/mol. The number of nitrogens with two attached hydrogens (primary N) is 1. The molecule has 160 valence electrons. The van der Waals surface area contributed by atoms with Gasteiger partial charge in [-0.25, -0.2) is 0 Å². The van der Waals surface area contributed by atoms with Gasteiger partial charge < -0.3 is 16.2 Å². The van der Waals surface area contributed by atoms with Gasteiger partial charge in [-0.05, 0) is 76.9 Å². The maximum atomic E-state index is 12.8. The number of amides is 1. The second-order valence-electron chi connectivity index (χ2n) is 7.30. The molecule has 0 saturated carbocycles. The molecule has 0 aliphatic heterocycles. The Hall–Kier alpha value is -3.06. The van der Waals surface area contributed by atoms with Crippen molar-refractivity contribution in [2.24, 2.45) is 5.73 Å². The van der Waals surface area contributed by atoms with E-state index in [0.29, 0.717) is 5.56 Å². The summed E-state index contributed by atoms with van der Waals surface area (Å²) in [6.07, 6.45) is 3.17. The van der Waals surface area contributed by atoms with Gasteiger partial charge in [-0.3, -0.25) is 9.59 Å². The van der Waals surface area contributed by atoms with Crippen LogP contribution >= 0.6 is 11.3 Å². The molecule has 0 aliphatic rings. The van der Waals surface area contributed by atoms with Crippen LogP contribution in [0.1, 0.15) is 43.5 Å². The van der Waals surface area contributed by atoms with Crippen molar-refractivity contribution in [3.05, 3.63) is 86.6 Å². The lowest BCUT2D eigenvalue weighted by molar-refractivity contribution is -0.115. The van der Waals surface area contributed by atoms with E-state index in [-0.39, 0.29) is 18.3 Å². The largest absolute Gasteiger partial charge is 0.392 e. The summed E-state index contributed by atoms with van der Waals surface area (Å²) in [6, 6.07) is 12.1. The lowest BCUT2D eigenvalue weighted by atomic mass is 9.92. The highest BCUT2D eigenvalue weighted by molar-refractivity contribution is 7.10. The Morgan fingerprint density at radius 2 is 1.81 bits per heavy atom. The van der Waals surface area contributed by atoms with Gasteiger partial charge in [0, 0.05) is 17.5 Å². The fraction of sp³-hybridized carbons (Fsp3) is 0.200. The molecule has 0 aliphatic carbocycles. The summed E-state index contributed by atoms with van der Waals surface area (Å²) in [4.78, 5) is 25.2. The van der Waals surface area contributed by atoms with E-state index in [0.717, 1.165) is 38.3 Å². The molecule has 0 spiro atoms. The molecule has 31 heavy (non-hydrogen) atoms. The Balaban J connectivity index is 1.83. The number of hydrogen-bond acceptors (Lipinski definition) is 5. The Bertz CT molecular complexity index is 1130. The minimum absolute atomic E-state index is 0.0304. The maximum absolute atomic E-state index is 12.8.